The van der Waals surface area contributed by atoms with Gasteiger partial charge >= 0.3 is 0 Å². The van der Waals surface area contributed by atoms with Gasteiger partial charge in [0.15, 0.2) is 0 Å². The van der Waals surface area contributed by atoms with Gasteiger partial charge in [0.2, 0.25) is 0 Å². The van der Waals surface area contributed by atoms with Gasteiger partial charge < -0.3 is 5.73 Å². The third-order valence-electron chi connectivity index (χ3n) is 2.91. The molecular formula is C15H17ClN2. The smallest absolute Gasteiger partial charge is 0.0441 e. The highest BCUT2D eigenvalue weighted by molar-refractivity contribution is 6.31. The van der Waals surface area contributed by atoms with Crippen LogP contribution in [-0.2, 0) is 12.8 Å². The zero-order valence-corrected chi connectivity index (χ0v) is 11.2. The van der Waals surface area contributed by atoms with Gasteiger partial charge in [-0.3, -0.25) is 4.98 Å². The summed E-state index contributed by atoms with van der Waals surface area (Å²) in [6.45, 7) is 2.03. The van der Waals surface area contributed by atoms with E-state index in [1.165, 1.54) is 5.56 Å². The number of halogens is 1. The lowest BCUT2D eigenvalue weighted by atomic mass is 10.00. The van der Waals surface area contributed by atoms with Crippen LogP contribution >= 0.6 is 11.6 Å². The molecule has 2 nitrogen and oxygen atoms in total. The quantitative estimate of drug-likeness (QED) is 0.917. The monoisotopic (exact) mass is 260 g/mol. The Morgan fingerprint density at radius 2 is 2.11 bits per heavy atom. The van der Waals surface area contributed by atoms with E-state index in [1.807, 2.05) is 31.3 Å². The number of hydrogen-bond donors (Lipinski definition) is 1. The van der Waals surface area contributed by atoms with Crippen LogP contribution < -0.4 is 5.73 Å². The lowest BCUT2D eigenvalue weighted by Gasteiger charge is -2.13. The molecule has 1 atom stereocenters. The van der Waals surface area contributed by atoms with E-state index in [9.17, 15) is 0 Å². The molecule has 3 heteroatoms. The van der Waals surface area contributed by atoms with Gasteiger partial charge in [-0.2, -0.15) is 0 Å². The van der Waals surface area contributed by atoms with E-state index in [0.717, 1.165) is 29.0 Å². The number of benzene rings is 1. The molecule has 2 N–H and O–H groups in total. The first-order valence-electron chi connectivity index (χ1n) is 6.04. The molecular weight excluding hydrogens is 244 g/mol. The van der Waals surface area contributed by atoms with Crippen LogP contribution in [0.2, 0.25) is 5.02 Å². The van der Waals surface area contributed by atoms with Crippen molar-refractivity contribution in [3.63, 3.8) is 0 Å². The zero-order chi connectivity index (χ0) is 13.0. The predicted octanol–water partition coefficient (Wildman–Crippen LogP) is 3.16. The maximum atomic E-state index is 6.21. The van der Waals surface area contributed by atoms with E-state index < -0.39 is 0 Å². The Balaban J connectivity index is 2.01. The molecule has 0 saturated heterocycles. The van der Waals surface area contributed by atoms with Crippen LogP contribution in [0.4, 0.5) is 0 Å². The molecule has 0 radical (unpaired) electrons. The molecule has 1 aromatic heterocycles. The molecule has 2 rings (SSSR count). The molecule has 1 heterocycles. The number of aryl methyl sites for hydroxylation is 1. The van der Waals surface area contributed by atoms with Crippen LogP contribution in [0.15, 0.2) is 42.7 Å². The highest BCUT2D eigenvalue weighted by Crippen LogP contribution is 2.19. The molecule has 1 unspecified atom stereocenters. The summed E-state index contributed by atoms with van der Waals surface area (Å²) in [5.74, 6) is 0. The molecule has 0 aliphatic carbocycles. The largest absolute Gasteiger partial charge is 0.327 e. The van der Waals surface area contributed by atoms with E-state index in [-0.39, 0.29) is 6.04 Å². The van der Waals surface area contributed by atoms with E-state index in [4.69, 9.17) is 17.3 Å². The Morgan fingerprint density at radius 1 is 1.28 bits per heavy atom. The molecule has 0 aliphatic heterocycles. The molecule has 18 heavy (non-hydrogen) atoms. The molecule has 94 valence electrons. The maximum Gasteiger partial charge on any atom is 0.0441 e. The van der Waals surface area contributed by atoms with E-state index in [1.54, 1.807) is 6.20 Å². The normalized spacial score (nSPS) is 12.4. The summed E-state index contributed by atoms with van der Waals surface area (Å²) in [4.78, 5) is 4.09. The first-order valence-corrected chi connectivity index (χ1v) is 6.42. The number of pyridine rings is 1. The van der Waals surface area contributed by atoms with Crippen molar-refractivity contribution < 1.29 is 0 Å². The summed E-state index contributed by atoms with van der Waals surface area (Å²) >= 11 is 6.21. The van der Waals surface area contributed by atoms with Crippen LogP contribution in [0.5, 0.6) is 0 Å². The Kier molecular flexibility index (Phi) is 4.34. The van der Waals surface area contributed by atoms with Gasteiger partial charge in [-0.1, -0.05) is 29.8 Å². The maximum absolute atomic E-state index is 6.21. The van der Waals surface area contributed by atoms with Crippen LogP contribution in [0.25, 0.3) is 0 Å². The van der Waals surface area contributed by atoms with Gasteiger partial charge in [0.05, 0.1) is 0 Å². The van der Waals surface area contributed by atoms with Gasteiger partial charge in [0.25, 0.3) is 0 Å². The fraction of sp³-hybridized carbons (Fsp3) is 0.267. The van der Waals surface area contributed by atoms with Crippen LogP contribution in [-0.4, -0.2) is 11.0 Å². The second kappa shape index (κ2) is 5.98. The van der Waals surface area contributed by atoms with Gasteiger partial charge in [-0.05, 0) is 48.6 Å². The first-order chi connectivity index (χ1) is 8.65. The van der Waals surface area contributed by atoms with E-state index >= 15 is 0 Å². The summed E-state index contributed by atoms with van der Waals surface area (Å²) < 4.78 is 0. The van der Waals surface area contributed by atoms with Crippen LogP contribution in [0, 0.1) is 6.92 Å². The fourth-order valence-electron chi connectivity index (χ4n) is 1.99. The Morgan fingerprint density at radius 3 is 2.78 bits per heavy atom. The number of aromatic nitrogens is 1. The summed E-state index contributed by atoms with van der Waals surface area (Å²) in [6, 6.07) is 10.1. The molecule has 1 aromatic carbocycles. The zero-order valence-electron chi connectivity index (χ0n) is 10.4. The van der Waals surface area contributed by atoms with Crippen molar-refractivity contribution >= 4 is 11.6 Å². The Bertz CT molecular complexity index is 511. The third kappa shape index (κ3) is 3.56. The molecule has 0 aliphatic rings. The molecule has 0 amide bonds. The lowest BCUT2D eigenvalue weighted by molar-refractivity contribution is 0.663. The standard InChI is InChI=1S/C15H17ClN2/c1-11-4-5-13(15(16)7-11)9-14(17)8-12-3-2-6-18-10-12/h2-7,10,14H,8-9,17H2,1H3. The van der Waals surface area contributed by atoms with E-state index in [0.29, 0.717) is 0 Å². The summed E-state index contributed by atoms with van der Waals surface area (Å²) in [6.07, 6.45) is 5.23. The molecule has 0 bridgehead atoms. The minimum atomic E-state index is 0.0643. The number of rotatable bonds is 4. The Hall–Kier alpha value is -1.38. The number of nitrogens with two attached hydrogens (primary N) is 1. The van der Waals surface area contributed by atoms with Crippen molar-refractivity contribution in [2.45, 2.75) is 25.8 Å². The van der Waals surface area contributed by atoms with Crippen molar-refractivity contribution in [2.24, 2.45) is 5.73 Å². The summed E-state index contributed by atoms with van der Waals surface area (Å²) in [5, 5.41) is 0.802. The third-order valence-corrected chi connectivity index (χ3v) is 3.26. The molecule has 0 spiro atoms. The van der Waals surface area contributed by atoms with Crippen LogP contribution in [0.1, 0.15) is 16.7 Å². The highest BCUT2D eigenvalue weighted by Gasteiger charge is 2.08. The second-order valence-electron chi connectivity index (χ2n) is 4.62. The fourth-order valence-corrected chi connectivity index (χ4v) is 2.31. The van der Waals surface area contributed by atoms with Crippen molar-refractivity contribution in [3.05, 3.63) is 64.4 Å². The molecule has 0 fully saturated rings. The highest BCUT2D eigenvalue weighted by atomic mass is 35.5. The van der Waals surface area contributed by atoms with Gasteiger partial charge in [-0.25, -0.2) is 0 Å². The Labute approximate surface area is 113 Å². The van der Waals surface area contributed by atoms with E-state index in [2.05, 4.69) is 17.1 Å². The number of hydrogen-bond acceptors (Lipinski definition) is 2. The second-order valence-corrected chi connectivity index (χ2v) is 5.03. The lowest BCUT2D eigenvalue weighted by Crippen LogP contribution is -2.25. The molecule has 2 aromatic rings. The van der Waals surface area contributed by atoms with Crippen molar-refractivity contribution in [1.82, 2.24) is 4.98 Å². The van der Waals surface area contributed by atoms with Crippen molar-refractivity contribution in [1.29, 1.82) is 0 Å². The van der Waals surface area contributed by atoms with Crippen molar-refractivity contribution in [3.8, 4) is 0 Å². The predicted molar refractivity (Wildman–Crippen MR) is 75.8 cm³/mol. The van der Waals surface area contributed by atoms with Gasteiger partial charge in [0.1, 0.15) is 0 Å². The summed E-state index contributed by atoms with van der Waals surface area (Å²) in [7, 11) is 0. The number of nitrogens with zero attached hydrogens (tertiary/aromatic N) is 1. The average molecular weight is 261 g/mol. The summed E-state index contributed by atoms with van der Waals surface area (Å²) in [5.41, 5.74) is 9.60. The SMILES string of the molecule is Cc1ccc(CC(N)Cc2cccnc2)c(Cl)c1. The average Bonchev–Trinajstić information content (AvgIpc) is 2.34. The molecule has 0 saturated carbocycles. The topological polar surface area (TPSA) is 38.9 Å². The minimum Gasteiger partial charge on any atom is -0.327 e. The van der Waals surface area contributed by atoms with Gasteiger partial charge in [-0.15, -0.1) is 0 Å². The van der Waals surface area contributed by atoms with Crippen LogP contribution in [0.3, 0.4) is 0 Å². The van der Waals surface area contributed by atoms with Crippen molar-refractivity contribution in [2.75, 3.05) is 0 Å². The minimum absolute atomic E-state index is 0.0643. The first kappa shape index (κ1) is 13.1. The van der Waals surface area contributed by atoms with Gasteiger partial charge in [0, 0.05) is 23.5 Å².